The molecule has 188 valence electrons. The number of amides is 3. The van der Waals surface area contributed by atoms with Gasteiger partial charge in [-0.15, -0.1) is 0 Å². The number of nitrogens with one attached hydrogen (secondary N) is 3. The Hall–Kier alpha value is -3.31. The van der Waals surface area contributed by atoms with E-state index in [1.54, 1.807) is 23.1 Å². The molecule has 0 spiro atoms. The molecule has 9 nitrogen and oxygen atoms in total. The van der Waals surface area contributed by atoms with Crippen LogP contribution in [0.25, 0.3) is 0 Å². The summed E-state index contributed by atoms with van der Waals surface area (Å²) < 4.78 is 37.0. The van der Waals surface area contributed by atoms with Crippen LogP contribution in [0.2, 0.25) is 0 Å². The Morgan fingerprint density at radius 1 is 1.20 bits per heavy atom. The van der Waals surface area contributed by atoms with Crippen molar-refractivity contribution in [1.82, 2.24) is 15.5 Å². The van der Waals surface area contributed by atoms with Crippen LogP contribution in [0.3, 0.4) is 0 Å². The van der Waals surface area contributed by atoms with E-state index in [2.05, 4.69) is 10.6 Å². The molecule has 2 aromatic rings. The van der Waals surface area contributed by atoms with Gasteiger partial charge in [0, 0.05) is 43.4 Å². The number of hydrogen-bond acceptors (Lipinski definition) is 6. The molecule has 3 rings (SSSR count). The lowest BCUT2D eigenvalue weighted by Gasteiger charge is -2.26. The second-order valence-electron chi connectivity index (χ2n) is 8.65. The molecule has 1 heterocycles. The van der Waals surface area contributed by atoms with E-state index in [9.17, 15) is 22.4 Å². The van der Waals surface area contributed by atoms with E-state index in [0.717, 1.165) is 19.1 Å². The molecular weight excluding hydrogens is 473 g/mol. The zero-order valence-electron chi connectivity index (χ0n) is 19.5. The number of nitrogens with zero attached hydrogens (tertiary/aromatic N) is 1. The Labute approximate surface area is 204 Å². The number of halogens is 1. The fraction of sp³-hybridized carbons (Fsp3) is 0.375. The number of sulfone groups is 1. The highest BCUT2D eigenvalue weighted by Gasteiger charge is 2.30. The summed E-state index contributed by atoms with van der Waals surface area (Å²) in [5, 5.41) is 13.1. The van der Waals surface area contributed by atoms with Crippen LogP contribution in [-0.4, -0.2) is 62.5 Å². The lowest BCUT2D eigenvalue weighted by atomic mass is 10.0. The van der Waals surface area contributed by atoms with Gasteiger partial charge in [-0.3, -0.25) is 15.5 Å². The van der Waals surface area contributed by atoms with Gasteiger partial charge >= 0.3 is 6.03 Å². The van der Waals surface area contributed by atoms with Crippen LogP contribution in [-0.2, 0) is 21.1 Å². The topological polar surface area (TPSA) is 145 Å². The molecule has 5 N–H and O–H groups in total. The number of amidine groups is 1. The minimum atomic E-state index is -3.35. The maximum atomic E-state index is 13.9. The molecule has 3 amide bonds. The van der Waals surface area contributed by atoms with Gasteiger partial charge in [0.1, 0.15) is 11.7 Å². The van der Waals surface area contributed by atoms with E-state index in [4.69, 9.17) is 11.1 Å². The molecule has 0 radical (unpaired) electrons. The number of rotatable bonds is 8. The quantitative estimate of drug-likeness (QED) is 0.321. The van der Waals surface area contributed by atoms with Crippen LogP contribution in [0.5, 0.6) is 0 Å². The third-order valence-corrected chi connectivity index (χ3v) is 7.01. The lowest BCUT2D eigenvalue weighted by molar-refractivity contribution is -0.132. The lowest BCUT2D eigenvalue weighted by Crippen LogP contribution is -2.47. The highest BCUT2D eigenvalue weighted by Crippen LogP contribution is 2.19. The summed E-state index contributed by atoms with van der Waals surface area (Å²) >= 11 is 0. The summed E-state index contributed by atoms with van der Waals surface area (Å²) in [5.41, 5.74) is 6.93. The van der Waals surface area contributed by atoms with E-state index in [1.165, 1.54) is 30.3 Å². The summed E-state index contributed by atoms with van der Waals surface area (Å²) in [6, 6.07) is 10.7. The van der Waals surface area contributed by atoms with E-state index in [-0.39, 0.29) is 47.9 Å². The van der Waals surface area contributed by atoms with E-state index < -0.39 is 21.9 Å². The number of likely N-dealkylation sites (tertiary alicyclic amines) is 1. The van der Waals surface area contributed by atoms with Gasteiger partial charge in [-0.25, -0.2) is 17.6 Å². The zero-order chi connectivity index (χ0) is 25.6. The van der Waals surface area contributed by atoms with Gasteiger partial charge < -0.3 is 16.0 Å². The van der Waals surface area contributed by atoms with Crippen molar-refractivity contribution in [1.29, 1.82) is 5.41 Å². The SMILES string of the molecule is CS(=O)(=O)c1ccc(C(=N)NC(=O)NCC2CCCN2C(=O)C[C@H](N)Cc2ccccc2F)cc1. The Morgan fingerprint density at radius 3 is 2.54 bits per heavy atom. The minimum absolute atomic E-state index is 0.0746. The molecule has 2 aromatic carbocycles. The Balaban J connectivity index is 1.48. The number of urea groups is 1. The standard InChI is InChI=1S/C24H30FN5O4S/c1-35(33,34)20-10-8-16(9-11-20)23(27)29-24(32)28-15-19-6-4-12-30(19)22(31)14-18(26)13-17-5-2-3-7-21(17)25/h2-3,5,7-11,18-19H,4,6,12-15,26H2,1H3,(H3,27,28,29,32)/t18-,19?/m1/s1. The van der Waals surface area contributed by atoms with Gasteiger partial charge in [-0.1, -0.05) is 18.2 Å². The first kappa shape index (κ1) is 26.3. The van der Waals surface area contributed by atoms with Crippen LogP contribution < -0.4 is 16.4 Å². The maximum Gasteiger partial charge on any atom is 0.320 e. The molecule has 1 fully saturated rings. The molecule has 1 aliphatic rings. The van der Waals surface area contributed by atoms with Crippen molar-refractivity contribution in [3.8, 4) is 0 Å². The Kier molecular flexibility index (Phi) is 8.57. The fourth-order valence-corrected chi connectivity index (χ4v) is 4.68. The van der Waals surface area contributed by atoms with Crippen LogP contribution >= 0.6 is 0 Å². The highest BCUT2D eigenvalue weighted by molar-refractivity contribution is 7.90. The highest BCUT2D eigenvalue weighted by atomic mass is 32.2. The summed E-state index contributed by atoms with van der Waals surface area (Å²) in [6.07, 6.45) is 2.94. The third kappa shape index (κ3) is 7.33. The number of benzene rings is 2. The molecule has 0 saturated carbocycles. The number of nitrogens with two attached hydrogens (primary N) is 1. The number of hydrogen-bond donors (Lipinski definition) is 4. The molecule has 35 heavy (non-hydrogen) atoms. The first-order valence-electron chi connectivity index (χ1n) is 11.3. The van der Waals surface area contributed by atoms with Crippen molar-refractivity contribution >= 4 is 27.6 Å². The van der Waals surface area contributed by atoms with Crippen LogP contribution in [0.1, 0.15) is 30.4 Å². The van der Waals surface area contributed by atoms with Gasteiger partial charge in [0.2, 0.25) is 5.91 Å². The molecule has 1 unspecified atom stereocenters. The van der Waals surface area contributed by atoms with Crippen LogP contribution in [0, 0.1) is 11.2 Å². The Morgan fingerprint density at radius 2 is 1.89 bits per heavy atom. The molecule has 11 heteroatoms. The van der Waals surface area contributed by atoms with Crippen LogP contribution in [0.4, 0.5) is 9.18 Å². The van der Waals surface area contributed by atoms with Crippen molar-refractivity contribution in [3.63, 3.8) is 0 Å². The van der Waals surface area contributed by atoms with E-state index >= 15 is 0 Å². The van der Waals surface area contributed by atoms with Gasteiger partial charge in [0.15, 0.2) is 9.84 Å². The predicted molar refractivity (Wildman–Crippen MR) is 130 cm³/mol. The monoisotopic (exact) mass is 503 g/mol. The zero-order valence-corrected chi connectivity index (χ0v) is 20.3. The number of carbonyl (C=O) groups excluding carboxylic acids is 2. The van der Waals surface area contributed by atoms with Crippen molar-refractivity contribution in [3.05, 3.63) is 65.5 Å². The summed E-state index contributed by atoms with van der Waals surface area (Å²) in [5.74, 6) is -0.667. The fourth-order valence-electron chi connectivity index (χ4n) is 4.05. The maximum absolute atomic E-state index is 13.9. The van der Waals surface area contributed by atoms with Gasteiger partial charge in [-0.2, -0.15) is 0 Å². The van der Waals surface area contributed by atoms with Gasteiger partial charge in [-0.05, 0) is 55.2 Å². The van der Waals surface area contributed by atoms with Gasteiger partial charge in [0.25, 0.3) is 0 Å². The smallest absolute Gasteiger partial charge is 0.320 e. The van der Waals surface area contributed by atoms with E-state index in [1.807, 2.05) is 0 Å². The molecular formula is C24H30FN5O4S. The predicted octanol–water partition coefficient (Wildman–Crippen LogP) is 1.80. The largest absolute Gasteiger partial charge is 0.338 e. The molecule has 2 atom stereocenters. The third-order valence-electron chi connectivity index (χ3n) is 5.88. The minimum Gasteiger partial charge on any atom is -0.338 e. The van der Waals surface area contributed by atoms with Gasteiger partial charge in [0.05, 0.1) is 4.90 Å². The van der Waals surface area contributed by atoms with Crippen LogP contribution in [0.15, 0.2) is 53.4 Å². The summed E-state index contributed by atoms with van der Waals surface area (Å²) in [4.78, 5) is 26.9. The average Bonchev–Trinajstić information content (AvgIpc) is 3.27. The first-order chi connectivity index (χ1) is 16.5. The average molecular weight is 504 g/mol. The normalized spacial score (nSPS) is 16.5. The number of carbonyl (C=O) groups is 2. The summed E-state index contributed by atoms with van der Waals surface area (Å²) in [6.45, 7) is 0.766. The van der Waals surface area contributed by atoms with Crippen molar-refractivity contribution < 1.29 is 22.4 Å². The molecule has 1 aliphatic heterocycles. The molecule has 0 bridgehead atoms. The molecule has 0 aliphatic carbocycles. The van der Waals surface area contributed by atoms with Crippen molar-refractivity contribution in [2.24, 2.45) is 5.73 Å². The summed E-state index contributed by atoms with van der Waals surface area (Å²) in [7, 11) is -3.35. The van der Waals surface area contributed by atoms with Crippen molar-refractivity contribution in [2.75, 3.05) is 19.3 Å². The molecule has 0 aromatic heterocycles. The van der Waals surface area contributed by atoms with E-state index in [0.29, 0.717) is 17.7 Å². The first-order valence-corrected chi connectivity index (χ1v) is 13.2. The second-order valence-corrected chi connectivity index (χ2v) is 10.7. The second kappa shape index (κ2) is 11.4. The van der Waals surface area contributed by atoms with Crippen molar-refractivity contribution in [2.45, 2.75) is 42.7 Å². The Bertz CT molecular complexity index is 1190. The molecule has 1 saturated heterocycles.